The van der Waals surface area contributed by atoms with Crippen LogP contribution in [0.25, 0.3) is 6.08 Å². The van der Waals surface area contributed by atoms with E-state index in [1.807, 2.05) is 54.6 Å². The van der Waals surface area contributed by atoms with Crippen molar-refractivity contribution in [3.05, 3.63) is 71.8 Å². The van der Waals surface area contributed by atoms with Gasteiger partial charge in [0.15, 0.2) is 0 Å². The molecule has 120 valence electrons. The number of benzene rings is 2. The molecule has 0 saturated carbocycles. The Morgan fingerprint density at radius 3 is 2.35 bits per heavy atom. The van der Waals surface area contributed by atoms with Gasteiger partial charge in [-0.15, -0.1) is 0 Å². The number of hydrogen-bond donors (Lipinski definition) is 1. The third-order valence-corrected chi connectivity index (χ3v) is 3.68. The third-order valence-electron chi connectivity index (χ3n) is 3.68. The van der Waals surface area contributed by atoms with Gasteiger partial charge in [-0.2, -0.15) is 0 Å². The molecule has 0 aliphatic rings. The lowest BCUT2D eigenvalue weighted by Gasteiger charge is -2.22. The van der Waals surface area contributed by atoms with Gasteiger partial charge >= 0.3 is 0 Å². The summed E-state index contributed by atoms with van der Waals surface area (Å²) in [5, 5.41) is 3.07. The number of hydrogen-bond acceptors (Lipinski definition) is 2. The van der Waals surface area contributed by atoms with Crippen LogP contribution in [0.3, 0.4) is 0 Å². The molecule has 0 spiro atoms. The summed E-state index contributed by atoms with van der Waals surface area (Å²) < 4.78 is 5.28. The molecule has 1 amide bonds. The van der Waals surface area contributed by atoms with Crippen molar-refractivity contribution in [1.29, 1.82) is 0 Å². The minimum Gasteiger partial charge on any atom is -0.496 e. The van der Waals surface area contributed by atoms with E-state index in [2.05, 4.69) is 19.2 Å². The number of amides is 1. The van der Waals surface area contributed by atoms with Gasteiger partial charge < -0.3 is 10.1 Å². The minimum absolute atomic E-state index is 0.00832. The maximum Gasteiger partial charge on any atom is 0.244 e. The highest BCUT2D eigenvalue weighted by Gasteiger charge is 2.16. The van der Waals surface area contributed by atoms with E-state index >= 15 is 0 Å². The second-order valence-electron chi connectivity index (χ2n) is 5.72. The molecule has 0 heterocycles. The fourth-order valence-electron chi connectivity index (χ4n) is 2.47. The molecule has 3 heteroatoms. The molecule has 0 aromatic heterocycles. The highest BCUT2D eigenvalue weighted by atomic mass is 16.5. The summed E-state index contributed by atoms with van der Waals surface area (Å²) in [5.74, 6) is 0.944. The molecule has 0 bridgehead atoms. The molecule has 3 nitrogen and oxygen atoms in total. The lowest BCUT2D eigenvalue weighted by molar-refractivity contribution is -0.117. The SMILES string of the molecule is COc1ccccc1/C=C/C(=O)NC(c1ccccc1)C(C)C. The predicted molar refractivity (Wildman–Crippen MR) is 94.2 cm³/mol. The van der Waals surface area contributed by atoms with Crippen molar-refractivity contribution in [3.63, 3.8) is 0 Å². The molecule has 0 fully saturated rings. The smallest absolute Gasteiger partial charge is 0.244 e. The fourth-order valence-corrected chi connectivity index (χ4v) is 2.47. The monoisotopic (exact) mass is 309 g/mol. The maximum absolute atomic E-state index is 12.3. The zero-order chi connectivity index (χ0) is 16.7. The van der Waals surface area contributed by atoms with E-state index in [0.29, 0.717) is 5.92 Å². The zero-order valence-corrected chi connectivity index (χ0v) is 13.8. The molecule has 23 heavy (non-hydrogen) atoms. The summed E-state index contributed by atoms with van der Waals surface area (Å²) in [4.78, 5) is 12.3. The van der Waals surface area contributed by atoms with E-state index < -0.39 is 0 Å². The van der Waals surface area contributed by atoms with E-state index in [0.717, 1.165) is 16.9 Å². The van der Waals surface area contributed by atoms with Crippen LogP contribution in [-0.2, 0) is 4.79 Å². The first-order valence-electron chi connectivity index (χ1n) is 7.78. The van der Waals surface area contributed by atoms with Gasteiger partial charge in [0.25, 0.3) is 0 Å². The van der Waals surface area contributed by atoms with Crippen LogP contribution in [0.4, 0.5) is 0 Å². The highest BCUT2D eigenvalue weighted by molar-refractivity contribution is 5.92. The van der Waals surface area contributed by atoms with Gasteiger partial charge in [-0.05, 0) is 23.6 Å². The van der Waals surface area contributed by atoms with Gasteiger partial charge in [0.1, 0.15) is 5.75 Å². The van der Waals surface area contributed by atoms with Gasteiger partial charge in [-0.25, -0.2) is 0 Å². The number of nitrogens with one attached hydrogen (secondary N) is 1. The molecule has 2 aromatic carbocycles. The van der Waals surface area contributed by atoms with Crippen LogP contribution in [0.5, 0.6) is 5.75 Å². The molecule has 0 aliphatic heterocycles. The summed E-state index contributed by atoms with van der Waals surface area (Å²) in [6.07, 6.45) is 3.33. The second-order valence-corrected chi connectivity index (χ2v) is 5.72. The highest BCUT2D eigenvalue weighted by Crippen LogP contribution is 2.22. The molecule has 2 rings (SSSR count). The van der Waals surface area contributed by atoms with Crippen molar-refractivity contribution in [1.82, 2.24) is 5.32 Å². The topological polar surface area (TPSA) is 38.3 Å². The van der Waals surface area contributed by atoms with Gasteiger partial charge in [-0.1, -0.05) is 62.4 Å². The van der Waals surface area contributed by atoms with Crippen molar-refractivity contribution in [3.8, 4) is 5.75 Å². The molecule has 1 atom stereocenters. The molecular weight excluding hydrogens is 286 g/mol. The zero-order valence-electron chi connectivity index (χ0n) is 13.8. The van der Waals surface area contributed by atoms with E-state index in [1.54, 1.807) is 19.3 Å². The molecule has 0 radical (unpaired) electrons. The van der Waals surface area contributed by atoms with Gasteiger partial charge in [0.05, 0.1) is 13.2 Å². The number of para-hydroxylation sites is 1. The maximum atomic E-state index is 12.3. The summed E-state index contributed by atoms with van der Waals surface area (Å²) in [6, 6.07) is 17.6. The largest absolute Gasteiger partial charge is 0.496 e. The number of methoxy groups -OCH3 is 1. The van der Waals surface area contributed by atoms with Crippen molar-refractivity contribution in [2.75, 3.05) is 7.11 Å². The Morgan fingerprint density at radius 1 is 1.04 bits per heavy atom. The number of rotatable bonds is 6. The average Bonchev–Trinajstić information content (AvgIpc) is 2.58. The predicted octanol–water partition coefficient (Wildman–Crippen LogP) is 4.22. The molecule has 0 aliphatic carbocycles. The van der Waals surface area contributed by atoms with E-state index in [4.69, 9.17) is 4.74 Å². The number of carbonyl (C=O) groups is 1. The first-order chi connectivity index (χ1) is 11.1. The van der Waals surface area contributed by atoms with E-state index in [9.17, 15) is 4.79 Å². The van der Waals surface area contributed by atoms with Gasteiger partial charge in [0, 0.05) is 11.6 Å². The van der Waals surface area contributed by atoms with Crippen LogP contribution in [-0.4, -0.2) is 13.0 Å². The van der Waals surface area contributed by atoms with Crippen molar-refractivity contribution in [2.24, 2.45) is 5.92 Å². The van der Waals surface area contributed by atoms with Crippen molar-refractivity contribution in [2.45, 2.75) is 19.9 Å². The normalized spacial score (nSPS) is 12.3. The van der Waals surface area contributed by atoms with Crippen molar-refractivity contribution >= 4 is 12.0 Å². The van der Waals surface area contributed by atoms with E-state index in [-0.39, 0.29) is 11.9 Å². The molecule has 1 N–H and O–H groups in total. The molecule has 2 aromatic rings. The van der Waals surface area contributed by atoms with Crippen LogP contribution in [0, 0.1) is 5.92 Å². The Labute approximate surface area is 138 Å². The molecule has 0 saturated heterocycles. The van der Waals surface area contributed by atoms with Gasteiger partial charge in [0.2, 0.25) is 5.91 Å². The number of ether oxygens (including phenoxy) is 1. The third kappa shape index (κ3) is 4.71. The molecular formula is C20H23NO2. The average molecular weight is 309 g/mol. The lowest BCUT2D eigenvalue weighted by Crippen LogP contribution is -2.30. The van der Waals surface area contributed by atoms with Gasteiger partial charge in [-0.3, -0.25) is 4.79 Å². The lowest BCUT2D eigenvalue weighted by atomic mass is 9.96. The first kappa shape index (κ1) is 16.8. The molecule has 1 unspecified atom stereocenters. The summed E-state index contributed by atoms with van der Waals surface area (Å²) in [6.45, 7) is 4.20. The minimum atomic E-state index is -0.113. The van der Waals surface area contributed by atoms with Crippen LogP contribution in [0.2, 0.25) is 0 Å². The Kier molecular flexibility index (Phi) is 5.98. The number of carbonyl (C=O) groups excluding carboxylic acids is 1. The van der Waals surface area contributed by atoms with Crippen LogP contribution in [0.15, 0.2) is 60.7 Å². The van der Waals surface area contributed by atoms with Crippen molar-refractivity contribution < 1.29 is 9.53 Å². The Bertz CT molecular complexity index is 662. The van der Waals surface area contributed by atoms with Crippen LogP contribution >= 0.6 is 0 Å². The Balaban J connectivity index is 2.09. The first-order valence-corrected chi connectivity index (χ1v) is 7.78. The quantitative estimate of drug-likeness (QED) is 0.811. The second kappa shape index (κ2) is 8.18. The Hall–Kier alpha value is -2.55. The summed E-state index contributed by atoms with van der Waals surface area (Å²) in [5.41, 5.74) is 1.99. The summed E-state index contributed by atoms with van der Waals surface area (Å²) >= 11 is 0. The standard InChI is InChI=1S/C20H23NO2/c1-15(2)20(17-10-5-4-6-11-17)21-19(22)14-13-16-9-7-8-12-18(16)23-3/h4-15,20H,1-3H3,(H,21,22)/b14-13+. The fraction of sp³-hybridized carbons (Fsp3) is 0.250. The van der Waals surface area contributed by atoms with Crippen LogP contribution < -0.4 is 10.1 Å². The summed E-state index contributed by atoms with van der Waals surface area (Å²) in [7, 11) is 1.62. The Morgan fingerprint density at radius 2 is 1.70 bits per heavy atom. The van der Waals surface area contributed by atoms with E-state index in [1.165, 1.54) is 0 Å². The van der Waals surface area contributed by atoms with Crippen LogP contribution in [0.1, 0.15) is 31.0 Å².